The van der Waals surface area contributed by atoms with Gasteiger partial charge in [-0.15, -0.1) is 10.2 Å². The highest BCUT2D eigenvalue weighted by Crippen LogP contribution is 2.26. The maximum atomic E-state index is 12.6. The van der Waals surface area contributed by atoms with Gasteiger partial charge in [0, 0.05) is 10.2 Å². The number of hydrogen-bond acceptors (Lipinski definition) is 5. The number of anilines is 2. The molecule has 8 heteroatoms. The smallest absolute Gasteiger partial charge is 0.247 e. The standard InChI is InChI=1S/C14H18BrN5OS/c1-3-11(20-13(16)18-19-14(20)22-4-2)12(21)17-10-7-5-9(15)6-8-10/h5-8,11H,3-4H2,1-2H3,(H2,16,18)(H,17,21). The Morgan fingerprint density at radius 2 is 2.05 bits per heavy atom. The van der Waals surface area contributed by atoms with Gasteiger partial charge in [0.15, 0.2) is 5.16 Å². The van der Waals surface area contributed by atoms with Crippen LogP contribution in [0.5, 0.6) is 0 Å². The van der Waals surface area contributed by atoms with Crippen LogP contribution >= 0.6 is 27.7 Å². The lowest BCUT2D eigenvalue weighted by atomic mass is 10.2. The minimum atomic E-state index is -0.437. The number of hydrogen-bond donors (Lipinski definition) is 2. The number of carbonyl (C=O) groups is 1. The maximum Gasteiger partial charge on any atom is 0.247 e. The average molecular weight is 384 g/mol. The summed E-state index contributed by atoms with van der Waals surface area (Å²) in [4.78, 5) is 12.6. The second-order valence-corrected chi connectivity index (χ2v) is 6.71. The van der Waals surface area contributed by atoms with Crippen LogP contribution in [0.4, 0.5) is 11.6 Å². The van der Waals surface area contributed by atoms with Gasteiger partial charge in [0.25, 0.3) is 0 Å². The van der Waals surface area contributed by atoms with E-state index in [1.807, 2.05) is 38.1 Å². The number of carbonyl (C=O) groups excluding carboxylic acids is 1. The van der Waals surface area contributed by atoms with Gasteiger partial charge in [-0.3, -0.25) is 9.36 Å². The molecule has 2 rings (SSSR count). The van der Waals surface area contributed by atoms with E-state index in [1.165, 1.54) is 11.8 Å². The first-order chi connectivity index (χ1) is 10.6. The van der Waals surface area contributed by atoms with Crippen LogP contribution in [0.1, 0.15) is 26.3 Å². The van der Waals surface area contributed by atoms with Gasteiger partial charge in [-0.1, -0.05) is 41.5 Å². The molecule has 6 nitrogen and oxygen atoms in total. The highest BCUT2D eigenvalue weighted by atomic mass is 79.9. The number of nitrogens with two attached hydrogens (primary N) is 1. The van der Waals surface area contributed by atoms with E-state index < -0.39 is 6.04 Å². The molecular weight excluding hydrogens is 366 g/mol. The number of nitrogen functional groups attached to an aromatic ring is 1. The first kappa shape index (κ1) is 16.8. The summed E-state index contributed by atoms with van der Waals surface area (Å²) in [5, 5.41) is 11.5. The molecule has 118 valence electrons. The Bertz CT molecular complexity index is 643. The lowest BCUT2D eigenvalue weighted by Crippen LogP contribution is -2.27. The predicted molar refractivity (Wildman–Crippen MR) is 92.9 cm³/mol. The molecule has 2 aromatic rings. The first-order valence-corrected chi connectivity index (χ1v) is 8.74. The van der Waals surface area contributed by atoms with Crippen LogP contribution in [0.2, 0.25) is 0 Å². The minimum Gasteiger partial charge on any atom is -0.368 e. The largest absolute Gasteiger partial charge is 0.368 e. The molecule has 0 spiro atoms. The summed E-state index contributed by atoms with van der Waals surface area (Å²) < 4.78 is 2.66. The van der Waals surface area contributed by atoms with Gasteiger partial charge in [0.2, 0.25) is 11.9 Å². The van der Waals surface area contributed by atoms with Crippen LogP contribution in [0.15, 0.2) is 33.9 Å². The summed E-state index contributed by atoms with van der Waals surface area (Å²) in [6.07, 6.45) is 0.599. The van der Waals surface area contributed by atoms with Crippen molar-refractivity contribution in [2.24, 2.45) is 0 Å². The molecule has 1 aromatic carbocycles. The fraction of sp³-hybridized carbons (Fsp3) is 0.357. The lowest BCUT2D eigenvalue weighted by molar-refractivity contribution is -0.119. The normalized spacial score (nSPS) is 12.1. The van der Waals surface area contributed by atoms with Crippen LogP contribution in [0.25, 0.3) is 0 Å². The molecule has 1 atom stereocenters. The van der Waals surface area contributed by atoms with Crippen molar-refractivity contribution in [2.75, 3.05) is 16.8 Å². The van der Waals surface area contributed by atoms with Gasteiger partial charge in [0.05, 0.1) is 0 Å². The summed E-state index contributed by atoms with van der Waals surface area (Å²) in [5.74, 6) is 0.964. The van der Waals surface area contributed by atoms with Gasteiger partial charge in [-0.25, -0.2) is 0 Å². The Labute approximate surface area is 142 Å². The molecule has 0 aliphatic heterocycles. The van der Waals surface area contributed by atoms with Gasteiger partial charge in [-0.05, 0) is 36.4 Å². The van der Waals surface area contributed by atoms with Crippen molar-refractivity contribution in [2.45, 2.75) is 31.5 Å². The number of nitrogens with zero attached hydrogens (tertiary/aromatic N) is 3. The molecule has 0 saturated carbocycles. The molecule has 0 bridgehead atoms. The number of halogens is 1. The Morgan fingerprint density at radius 1 is 1.36 bits per heavy atom. The lowest BCUT2D eigenvalue weighted by Gasteiger charge is -2.19. The third kappa shape index (κ3) is 3.80. The summed E-state index contributed by atoms with van der Waals surface area (Å²) in [6, 6.07) is 7.00. The second kappa shape index (κ2) is 7.64. The Hall–Kier alpha value is -1.54. The molecule has 3 N–H and O–H groups in total. The molecule has 0 aliphatic rings. The zero-order chi connectivity index (χ0) is 16.1. The SMILES string of the molecule is CCSc1nnc(N)n1C(CC)C(=O)Nc1ccc(Br)cc1. The quantitative estimate of drug-likeness (QED) is 0.747. The molecule has 1 heterocycles. The second-order valence-electron chi connectivity index (χ2n) is 4.56. The molecule has 0 radical (unpaired) electrons. The van der Waals surface area contributed by atoms with E-state index in [0.717, 1.165) is 15.9 Å². The van der Waals surface area contributed by atoms with E-state index in [1.54, 1.807) is 4.57 Å². The van der Waals surface area contributed by atoms with Crippen molar-refractivity contribution in [3.05, 3.63) is 28.7 Å². The van der Waals surface area contributed by atoms with E-state index in [4.69, 9.17) is 5.73 Å². The number of rotatable bonds is 6. The van der Waals surface area contributed by atoms with Crippen LogP contribution in [-0.4, -0.2) is 26.4 Å². The average Bonchev–Trinajstić information content (AvgIpc) is 2.85. The molecule has 22 heavy (non-hydrogen) atoms. The Morgan fingerprint density at radius 3 is 2.64 bits per heavy atom. The van der Waals surface area contributed by atoms with Crippen molar-refractivity contribution in [1.82, 2.24) is 14.8 Å². The first-order valence-electron chi connectivity index (χ1n) is 6.96. The summed E-state index contributed by atoms with van der Waals surface area (Å²) in [7, 11) is 0. The number of aromatic nitrogens is 3. The fourth-order valence-corrected chi connectivity index (χ4v) is 3.03. The highest BCUT2D eigenvalue weighted by molar-refractivity contribution is 9.10. The topological polar surface area (TPSA) is 85.8 Å². The van der Waals surface area contributed by atoms with Gasteiger partial charge >= 0.3 is 0 Å². The maximum absolute atomic E-state index is 12.6. The molecular formula is C14H18BrN5OS. The zero-order valence-corrected chi connectivity index (χ0v) is 14.8. The molecule has 1 unspecified atom stereocenters. The zero-order valence-electron chi connectivity index (χ0n) is 12.4. The van der Waals surface area contributed by atoms with Gasteiger partial charge < -0.3 is 11.1 Å². The van der Waals surface area contributed by atoms with Crippen LogP contribution < -0.4 is 11.1 Å². The van der Waals surface area contributed by atoms with Crippen molar-refractivity contribution < 1.29 is 4.79 Å². The summed E-state index contributed by atoms with van der Waals surface area (Å²) in [6.45, 7) is 3.95. The number of nitrogens with one attached hydrogen (secondary N) is 1. The minimum absolute atomic E-state index is 0.130. The summed E-state index contributed by atoms with van der Waals surface area (Å²) >= 11 is 4.88. The molecule has 0 saturated heterocycles. The van der Waals surface area contributed by atoms with Crippen molar-refractivity contribution >= 4 is 45.2 Å². The van der Waals surface area contributed by atoms with Gasteiger partial charge in [0.1, 0.15) is 6.04 Å². The van der Waals surface area contributed by atoms with E-state index >= 15 is 0 Å². The fourth-order valence-electron chi connectivity index (χ4n) is 2.05. The molecule has 1 aromatic heterocycles. The molecule has 1 amide bonds. The molecule has 0 aliphatic carbocycles. The van der Waals surface area contributed by atoms with E-state index in [9.17, 15) is 4.79 Å². The van der Waals surface area contributed by atoms with Crippen LogP contribution in [0.3, 0.4) is 0 Å². The summed E-state index contributed by atoms with van der Waals surface area (Å²) in [5.41, 5.74) is 6.63. The third-order valence-electron chi connectivity index (χ3n) is 3.08. The van der Waals surface area contributed by atoms with Gasteiger partial charge in [-0.2, -0.15) is 0 Å². The Balaban J connectivity index is 2.22. The van der Waals surface area contributed by atoms with E-state index in [-0.39, 0.29) is 11.9 Å². The van der Waals surface area contributed by atoms with Crippen molar-refractivity contribution in [1.29, 1.82) is 0 Å². The Kier molecular flexibility index (Phi) is 5.84. The van der Waals surface area contributed by atoms with E-state index in [0.29, 0.717) is 11.6 Å². The van der Waals surface area contributed by atoms with E-state index in [2.05, 4.69) is 31.4 Å². The van der Waals surface area contributed by atoms with Crippen LogP contribution in [0, 0.1) is 0 Å². The molecule has 0 fully saturated rings. The number of amides is 1. The third-order valence-corrected chi connectivity index (χ3v) is 4.43. The highest BCUT2D eigenvalue weighted by Gasteiger charge is 2.24. The van der Waals surface area contributed by atoms with Crippen LogP contribution in [-0.2, 0) is 4.79 Å². The monoisotopic (exact) mass is 383 g/mol. The predicted octanol–water partition coefficient (Wildman–Crippen LogP) is 3.32. The van der Waals surface area contributed by atoms with Crippen molar-refractivity contribution in [3.8, 4) is 0 Å². The number of thioether (sulfide) groups is 1. The number of benzene rings is 1. The van der Waals surface area contributed by atoms with Crippen molar-refractivity contribution in [3.63, 3.8) is 0 Å².